The summed E-state index contributed by atoms with van der Waals surface area (Å²) >= 11 is 5.08. The molecule has 1 aromatic heterocycles. The molecule has 0 radical (unpaired) electrons. The number of nitrogens with two attached hydrogens (primary N) is 1. The first-order chi connectivity index (χ1) is 7.22. The van der Waals surface area contributed by atoms with E-state index in [0.717, 1.165) is 12.1 Å². The van der Waals surface area contributed by atoms with Crippen LogP contribution in [0.15, 0.2) is 24.3 Å². The second-order valence-electron chi connectivity index (χ2n) is 3.24. The fourth-order valence-corrected chi connectivity index (χ4v) is 1.68. The summed E-state index contributed by atoms with van der Waals surface area (Å²) in [7, 11) is 0. The normalized spacial score (nSPS) is 10.5. The van der Waals surface area contributed by atoms with Gasteiger partial charge in [-0.25, -0.2) is 5.10 Å². The Morgan fingerprint density at radius 1 is 1.40 bits per heavy atom. The van der Waals surface area contributed by atoms with Crippen molar-refractivity contribution in [3.8, 4) is 5.69 Å². The maximum Gasteiger partial charge on any atom is 0.225 e. The molecule has 0 bridgehead atoms. The lowest BCUT2D eigenvalue weighted by molar-refractivity contribution is 1.03. The SMILES string of the molecule is CCc1ccc(-n2c(N)n[nH]c2=S)cc1. The Labute approximate surface area is 92.7 Å². The number of nitrogens with one attached hydrogen (secondary N) is 1. The molecule has 0 aliphatic rings. The number of benzene rings is 1. The van der Waals surface area contributed by atoms with Gasteiger partial charge in [-0.15, -0.1) is 5.10 Å². The Bertz CT molecular complexity index is 509. The second kappa shape index (κ2) is 3.86. The van der Waals surface area contributed by atoms with E-state index < -0.39 is 0 Å². The fourth-order valence-electron chi connectivity index (χ4n) is 1.44. The highest BCUT2D eigenvalue weighted by Crippen LogP contribution is 2.13. The Balaban J connectivity index is 2.50. The molecule has 0 aliphatic heterocycles. The number of rotatable bonds is 2. The molecule has 2 aromatic rings. The van der Waals surface area contributed by atoms with Crippen LogP contribution < -0.4 is 5.73 Å². The minimum Gasteiger partial charge on any atom is -0.368 e. The summed E-state index contributed by atoms with van der Waals surface area (Å²) in [5.74, 6) is 0.379. The molecule has 4 nitrogen and oxygen atoms in total. The van der Waals surface area contributed by atoms with Crippen LogP contribution in [-0.2, 0) is 6.42 Å². The summed E-state index contributed by atoms with van der Waals surface area (Å²) in [6.45, 7) is 2.12. The van der Waals surface area contributed by atoms with Crippen LogP contribution in [0.1, 0.15) is 12.5 Å². The van der Waals surface area contributed by atoms with Crippen molar-refractivity contribution in [3.05, 3.63) is 34.6 Å². The molecule has 0 saturated carbocycles. The number of aromatic nitrogens is 3. The average molecular weight is 220 g/mol. The third kappa shape index (κ3) is 1.78. The quantitative estimate of drug-likeness (QED) is 0.762. The first-order valence-electron chi connectivity index (χ1n) is 4.74. The van der Waals surface area contributed by atoms with E-state index in [1.54, 1.807) is 4.57 Å². The van der Waals surface area contributed by atoms with E-state index in [1.807, 2.05) is 12.1 Å². The van der Waals surface area contributed by atoms with Crippen molar-refractivity contribution in [2.45, 2.75) is 13.3 Å². The number of hydrogen-bond donors (Lipinski definition) is 2. The lowest BCUT2D eigenvalue weighted by Gasteiger charge is -2.04. The van der Waals surface area contributed by atoms with Gasteiger partial charge in [0.15, 0.2) is 0 Å². The van der Waals surface area contributed by atoms with Gasteiger partial charge in [0.25, 0.3) is 0 Å². The van der Waals surface area contributed by atoms with Gasteiger partial charge in [-0.1, -0.05) is 19.1 Å². The Hall–Kier alpha value is -1.62. The molecule has 15 heavy (non-hydrogen) atoms. The summed E-state index contributed by atoms with van der Waals surface area (Å²) in [4.78, 5) is 0. The largest absolute Gasteiger partial charge is 0.368 e. The van der Waals surface area contributed by atoms with Crippen LogP contribution in [0.3, 0.4) is 0 Å². The summed E-state index contributed by atoms with van der Waals surface area (Å²) < 4.78 is 2.21. The van der Waals surface area contributed by atoms with Gasteiger partial charge >= 0.3 is 0 Å². The lowest BCUT2D eigenvalue weighted by atomic mass is 10.1. The minimum absolute atomic E-state index is 0.379. The summed E-state index contributed by atoms with van der Waals surface area (Å²) in [6.07, 6.45) is 1.02. The third-order valence-corrected chi connectivity index (χ3v) is 2.57. The maximum absolute atomic E-state index is 5.70. The average Bonchev–Trinajstić information content (AvgIpc) is 2.59. The number of aromatic amines is 1. The van der Waals surface area contributed by atoms with E-state index in [4.69, 9.17) is 18.0 Å². The number of H-pyrrole nitrogens is 1. The first-order valence-corrected chi connectivity index (χ1v) is 5.15. The van der Waals surface area contributed by atoms with Crippen molar-refractivity contribution < 1.29 is 0 Å². The molecule has 0 unspecified atom stereocenters. The summed E-state index contributed by atoms with van der Waals surface area (Å²) in [6, 6.07) is 8.09. The van der Waals surface area contributed by atoms with Crippen molar-refractivity contribution >= 4 is 18.2 Å². The van der Waals surface area contributed by atoms with Crippen LogP contribution in [0.25, 0.3) is 5.69 Å². The van der Waals surface area contributed by atoms with Crippen molar-refractivity contribution in [1.29, 1.82) is 0 Å². The molecule has 78 valence electrons. The van der Waals surface area contributed by atoms with Crippen molar-refractivity contribution in [2.24, 2.45) is 0 Å². The second-order valence-corrected chi connectivity index (χ2v) is 3.63. The zero-order chi connectivity index (χ0) is 10.8. The van der Waals surface area contributed by atoms with Gasteiger partial charge in [-0.05, 0) is 36.3 Å². The van der Waals surface area contributed by atoms with E-state index >= 15 is 0 Å². The van der Waals surface area contributed by atoms with E-state index in [-0.39, 0.29) is 0 Å². The number of nitrogen functional groups attached to an aromatic ring is 1. The highest BCUT2D eigenvalue weighted by molar-refractivity contribution is 7.71. The highest BCUT2D eigenvalue weighted by atomic mass is 32.1. The van der Waals surface area contributed by atoms with Crippen LogP contribution in [-0.4, -0.2) is 14.8 Å². The topological polar surface area (TPSA) is 59.6 Å². The molecule has 0 fully saturated rings. The van der Waals surface area contributed by atoms with E-state index in [9.17, 15) is 0 Å². The number of aryl methyl sites for hydroxylation is 1. The number of anilines is 1. The monoisotopic (exact) mass is 220 g/mol. The standard InChI is InChI=1S/C10H12N4S/c1-2-7-3-5-8(6-4-7)14-9(11)12-13-10(14)15/h3-6H,2H2,1H3,(H2,11,12)(H,13,15). The zero-order valence-electron chi connectivity index (χ0n) is 8.40. The molecule has 0 atom stereocenters. The lowest BCUT2D eigenvalue weighted by Crippen LogP contribution is -2.00. The van der Waals surface area contributed by atoms with E-state index in [0.29, 0.717) is 10.7 Å². The third-order valence-electron chi connectivity index (χ3n) is 2.30. The van der Waals surface area contributed by atoms with Crippen LogP contribution in [0, 0.1) is 4.77 Å². The smallest absolute Gasteiger partial charge is 0.225 e. The fraction of sp³-hybridized carbons (Fsp3) is 0.200. The van der Waals surface area contributed by atoms with E-state index in [2.05, 4.69) is 29.3 Å². The van der Waals surface area contributed by atoms with Crippen LogP contribution in [0.5, 0.6) is 0 Å². The molecule has 0 saturated heterocycles. The predicted molar refractivity (Wildman–Crippen MR) is 62.5 cm³/mol. The van der Waals surface area contributed by atoms with Gasteiger partial charge < -0.3 is 5.73 Å². The molecule has 1 aromatic carbocycles. The van der Waals surface area contributed by atoms with Crippen LogP contribution in [0.4, 0.5) is 5.95 Å². The van der Waals surface area contributed by atoms with Crippen molar-refractivity contribution in [1.82, 2.24) is 14.8 Å². The van der Waals surface area contributed by atoms with Gasteiger partial charge in [0, 0.05) is 0 Å². The molecule has 5 heteroatoms. The molecular weight excluding hydrogens is 208 g/mol. The number of hydrogen-bond acceptors (Lipinski definition) is 3. The van der Waals surface area contributed by atoms with Gasteiger partial charge in [0.2, 0.25) is 10.7 Å². The molecule has 3 N–H and O–H groups in total. The first kappa shape index (κ1) is 9.92. The predicted octanol–water partition coefficient (Wildman–Crippen LogP) is 2.07. The van der Waals surface area contributed by atoms with Gasteiger partial charge in [-0.2, -0.15) is 0 Å². The molecular formula is C10H12N4S. The van der Waals surface area contributed by atoms with Crippen molar-refractivity contribution in [2.75, 3.05) is 5.73 Å². The highest BCUT2D eigenvalue weighted by Gasteiger charge is 2.03. The molecule has 1 heterocycles. The zero-order valence-corrected chi connectivity index (χ0v) is 9.21. The molecule has 0 spiro atoms. The molecule has 0 amide bonds. The van der Waals surface area contributed by atoms with Crippen molar-refractivity contribution in [3.63, 3.8) is 0 Å². The maximum atomic E-state index is 5.70. The summed E-state index contributed by atoms with van der Waals surface area (Å²) in [5, 5.41) is 6.51. The van der Waals surface area contributed by atoms with Gasteiger partial charge in [-0.3, -0.25) is 4.57 Å². The summed E-state index contributed by atoms with van der Waals surface area (Å²) in [5.41, 5.74) is 7.92. The molecule has 0 aliphatic carbocycles. The Morgan fingerprint density at radius 2 is 2.07 bits per heavy atom. The molecule has 2 rings (SSSR count). The van der Waals surface area contributed by atoms with Gasteiger partial charge in [0.1, 0.15) is 0 Å². The van der Waals surface area contributed by atoms with Gasteiger partial charge in [0.05, 0.1) is 5.69 Å². The Morgan fingerprint density at radius 3 is 2.53 bits per heavy atom. The Kier molecular flexibility index (Phi) is 2.55. The number of nitrogens with zero attached hydrogens (tertiary/aromatic N) is 2. The van der Waals surface area contributed by atoms with Crippen LogP contribution in [0.2, 0.25) is 0 Å². The van der Waals surface area contributed by atoms with Crippen LogP contribution >= 0.6 is 12.2 Å². The minimum atomic E-state index is 0.379. The van der Waals surface area contributed by atoms with E-state index in [1.165, 1.54) is 5.56 Å².